The van der Waals surface area contributed by atoms with E-state index in [1.165, 1.54) is 12.8 Å². The molecule has 3 nitrogen and oxygen atoms in total. The lowest BCUT2D eigenvalue weighted by Crippen LogP contribution is -2.05. The summed E-state index contributed by atoms with van der Waals surface area (Å²) in [5.41, 5.74) is 0.879. The second kappa shape index (κ2) is 3.11. The third-order valence-electron chi connectivity index (χ3n) is 1.98. The Labute approximate surface area is 71.4 Å². The van der Waals surface area contributed by atoms with Crippen LogP contribution in [-0.2, 0) is 6.61 Å². The number of nitrogens with one attached hydrogen (secondary N) is 1. The highest BCUT2D eigenvalue weighted by atomic mass is 16.3. The smallest absolute Gasteiger partial charge is 0.131 e. The van der Waals surface area contributed by atoms with Gasteiger partial charge in [0, 0.05) is 17.8 Å². The van der Waals surface area contributed by atoms with Crippen molar-refractivity contribution in [3.8, 4) is 0 Å². The zero-order valence-corrected chi connectivity index (χ0v) is 6.83. The fourth-order valence-electron chi connectivity index (χ4n) is 1.12. The molecule has 1 aliphatic carbocycles. The molecule has 1 aromatic rings. The first-order chi connectivity index (χ1) is 5.90. The summed E-state index contributed by atoms with van der Waals surface area (Å²) in [4.78, 5) is 4.16. The molecule has 0 bridgehead atoms. The first-order valence-electron chi connectivity index (χ1n) is 4.21. The average Bonchev–Trinajstić information content (AvgIpc) is 2.89. The van der Waals surface area contributed by atoms with Gasteiger partial charge in [0.05, 0.1) is 6.61 Å². The van der Waals surface area contributed by atoms with Crippen molar-refractivity contribution in [2.24, 2.45) is 0 Å². The largest absolute Gasteiger partial charge is 0.392 e. The highest BCUT2D eigenvalue weighted by molar-refractivity contribution is 5.44. The van der Waals surface area contributed by atoms with Crippen LogP contribution in [0.4, 0.5) is 5.82 Å². The number of hydrogen-bond acceptors (Lipinski definition) is 3. The molecule has 1 saturated carbocycles. The van der Waals surface area contributed by atoms with Gasteiger partial charge in [0.25, 0.3) is 0 Å². The van der Waals surface area contributed by atoms with Crippen molar-refractivity contribution in [1.29, 1.82) is 0 Å². The zero-order chi connectivity index (χ0) is 8.39. The van der Waals surface area contributed by atoms with Crippen LogP contribution in [0.5, 0.6) is 0 Å². The van der Waals surface area contributed by atoms with E-state index >= 15 is 0 Å². The number of aromatic nitrogens is 1. The van der Waals surface area contributed by atoms with E-state index in [0.717, 1.165) is 11.4 Å². The topological polar surface area (TPSA) is 45.2 Å². The van der Waals surface area contributed by atoms with E-state index in [2.05, 4.69) is 10.3 Å². The van der Waals surface area contributed by atoms with Crippen molar-refractivity contribution < 1.29 is 5.11 Å². The molecule has 0 unspecified atom stereocenters. The summed E-state index contributed by atoms with van der Waals surface area (Å²) in [6, 6.07) is 4.31. The zero-order valence-electron chi connectivity index (χ0n) is 6.83. The molecule has 0 radical (unpaired) electrons. The predicted molar refractivity (Wildman–Crippen MR) is 46.8 cm³/mol. The van der Waals surface area contributed by atoms with Gasteiger partial charge in [-0.2, -0.15) is 0 Å². The van der Waals surface area contributed by atoms with Crippen LogP contribution >= 0.6 is 0 Å². The van der Waals surface area contributed by atoms with Gasteiger partial charge in [-0.3, -0.25) is 0 Å². The molecule has 12 heavy (non-hydrogen) atoms. The molecule has 1 aliphatic rings. The normalized spacial score (nSPS) is 16.1. The van der Waals surface area contributed by atoms with Crippen LogP contribution in [0, 0.1) is 0 Å². The highest BCUT2D eigenvalue weighted by Crippen LogP contribution is 2.25. The van der Waals surface area contributed by atoms with Gasteiger partial charge in [0.2, 0.25) is 0 Å². The maximum Gasteiger partial charge on any atom is 0.131 e. The van der Waals surface area contributed by atoms with Gasteiger partial charge in [-0.1, -0.05) is 6.07 Å². The van der Waals surface area contributed by atoms with Crippen LogP contribution < -0.4 is 5.32 Å². The third-order valence-corrected chi connectivity index (χ3v) is 1.98. The maximum absolute atomic E-state index is 8.97. The molecule has 0 amide bonds. The monoisotopic (exact) mass is 164 g/mol. The Balaban J connectivity index is 2.15. The minimum atomic E-state index is 0.0584. The molecular weight excluding hydrogens is 152 g/mol. The Morgan fingerprint density at radius 1 is 1.58 bits per heavy atom. The van der Waals surface area contributed by atoms with Crippen molar-refractivity contribution in [2.45, 2.75) is 25.5 Å². The molecule has 3 heteroatoms. The highest BCUT2D eigenvalue weighted by Gasteiger charge is 2.21. The molecule has 64 valence electrons. The van der Waals surface area contributed by atoms with Crippen LogP contribution in [0.1, 0.15) is 18.4 Å². The minimum Gasteiger partial charge on any atom is -0.392 e. The number of hydrogen-bond donors (Lipinski definition) is 2. The molecule has 0 aliphatic heterocycles. The first-order valence-corrected chi connectivity index (χ1v) is 4.21. The lowest BCUT2D eigenvalue weighted by Gasteiger charge is -2.06. The van der Waals surface area contributed by atoms with Crippen LogP contribution in [0.3, 0.4) is 0 Å². The van der Waals surface area contributed by atoms with Gasteiger partial charge in [-0.05, 0) is 18.9 Å². The quantitative estimate of drug-likeness (QED) is 0.704. The Morgan fingerprint density at radius 2 is 2.42 bits per heavy atom. The molecule has 0 atom stereocenters. The molecule has 1 heterocycles. The minimum absolute atomic E-state index is 0.0584. The molecule has 0 saturated heterocycles. The van der Waals surface area contributed by atoms with Crippen molar-refractivity contribution in [3.05, 3.63) is 23.9 Å². The fourth-order valence-corrected chi connectivity index (χ4v) is 1.12. The van der Waals surface area contributed by atoms with Crippen LogP contribution in [0.25, 0.3) is 0 Å². The summed E-state index contributed by atoms with van der Waals surface area (Å²) < 4.78 is 0. The summed E-state index contributed by atoms with van der Waals surface area (Å²) in [5, 5.41) is 12.2. The molecule has 0 aromatic carbocycles. The molecular formula is C9H12N2O. The summed E-state index contributed by atoms with van der Waals surface area (Å²) in [5.74, 6) is 0.836. The molecule has 1 fully saturated rings. The molecule has 1 aromatic heterocycles. The second-order valence-electron chi connectivity index (χ2n) is 3.09. The van der Waals surface area contributed by atoms with E-state index < -0.39 is 0 Å². The lowest BCUT2D eigenvalue weighted by molar-refractivity contribution is 0.282. The predicted octanol–water partition coefficient (Wildman–Crippen LogP) is 1.15. The Morgan fingerprint density at radius 3 is 3.08 bits per heavy atom. The molecule has 0 spiro atoms. The van der Waals surface area contributed by atoms with Crippen molar-refractivity contribution >= 4 is 5.82 Å². The number of nitrogens with zero attached hydrogens (tertiary/aromatic N) is 1. The number of anilines is 1. The van der Waals surface area contributed by atoms with Crippen LogP contribution in [0.15, 0.2) is 18.3 Å². The lowest BCUT2D eigenvalue weighted by atomic mass is 10.2. The van der Waals surface area contributed by atoms with E-state index in [1.807, 2.05) is 12.1 Å². The number of aliphatic hydroxyl groups is 1. The fraction of sp³-hybridized carbons (Fsp3) is 0.444. The summed E-state index contributed by atoms with van der Waals surface area (Å²) in [6.45, 7) is 0.0584. The van der Waals surface area contributed by atoms with Gasteiger partial charge in [0.1, 0.15) is 5.82 Å². The van der Waals surface area contributed by atoms with Crippen molar-refractivity contribution in [2.75, 3.05) is 5.32 Å². The van der Waals surface area contributed by atoms with E-state index in [9.17, 15) is 0 Å². The Kier molecular flexibility index (Phi) is 1.96. The number of rotatable bonds is 3. The van der Waals surface area contributed by atoms with Gasteiger partial charge in [0.15, 0.2) is 0 Å². The van der Waals surface area contributed by atoms with Gasteiger partial charge in [-0.25, -0.2) is 4.98 Å². The van der Waals surface area contributed by atoms with Crippen molar-refractivity contribution in [1.82, 2.24) is 4.98 Å². The summed E-state index contributed by atoms with van der Waals surface area (Å²) in [6.07, 6.45) is 4.19. The maximum atomic E-state index is 8.97. The summed E-state index contributed by atoms with van der Waals surface area (Å²) >= 11 is 0. The second-order valence-corrected chi connectivity index (χ2v) is 3.09. The van der Waals surface area contributed by atoms with E-state index in [-0.39, 0.29) is 6.61 Å². The number of aliphatic hydroxyl groups excluding tert-OH is 1. The molecule has 2 N–H and O–H groups in total. The third kappa shape index (κ3) is 1.56. The standard InChI is InChI=1S/C9H12N2O/c12-6-7-2-1-5-10-9(7)11-8-3-4-8/h1-2,5,8,12H,3-4,6H2,(H,10,11). The molecule has 2 rings (SSSR count). The van der Waals surface area contributed by atoms with Gasteiger partial charge in [-0.15, -0.1) is 0 Å². The average molecular weight is 164 g/mol. The SMILES string of the molecule is OCc1cccnc1NC1CC1. The first kappa shape index (κ1) is 7.55. The van der Waals surface area contributed by atoms with Gasteiger partial charge >= 0.3 is 0 Å². The van der Waals surface area contributed by atoms with Gasteiger partial charge < -0.3 is 10.4 Å². The van der Waals surface area contributed by atoms with E-state index in [4.69, 9.17) is 5.11 Å². The van der Waals surface area contributed by atoms with Crippen molar-refractivity contribution in [3.63, 3.8) is 0 Å². The van der Waals surface area contributed by atoms with E-state index in [0.29, 0.717) is 6.04 Å². The number of pyridine rings is 1. The summed E-state index contributed by atoms with van der Waals surface area (Å²) in [7, 11) is 0. The Bertz CT molecular complexity index is 271. The van der Waals surface area contributed by atoms with Crippen LogP contribution in [-0.4, -0.2) is 16.1 Å². The van der Waals surface area contributed by atoms with Crippen LogP contribution in [0.2, 0.25) is 0 Å². The van der Waals surface area contributed by atoms with E-state index in [1.54, 1.807) is 6.20 Å². The Hall–Kier alpha value is -1.09.